The predicted octanol–water partition coefficient (Wildman–Crippen LogP) is 1.95. The van der Waals surface area contributed by atoms with E-state index in [1.807, 2.05) is 13.8 Å². The highest BCUT2D eigenvalue weighted by molar-refractivity contribution is 5.63. The molecule has 0 radical (unpaired) electrons. The molecule has 0 aliphatic rings. The Balaban J connectivity index is 2.83. The van der Waals surface area contributed by atoms with Gasteiger partial charge in [0, 0.05) is 19.7 Å². The van der Waals surface area contributed by atoms with E-state index in [0.29, 0.717) is 24.4 Å². The molecule has 1 N–H and O–H groups in total. The summed E-state index contributed by atoms with van der Waals surface area (Å²) in [5.74, 6) is 0. The summed E-state index contributed by atoms with van der Waals surface area (Å²) in [4.78, 5) is 12.4. The number of hydrogen-bond donors (Lipinski definition) is 1. The Hall–Kier alpha value is -1.66. The number of anilines is 1. The van der Waals surface area contributed by atoms with Crippen LogP contribution >= 0.6 is 0 Å². The summed E-state index contributed by atoms with van der Waals surface area (Å²) in [6, 6.07) is 4.73. The molecule has 0 aliphatic heterocycles. The number of likely N-dealkylation sites (N-methyl/N-ethyl adjacent to an activating group) is 1. The van der Waals surface area contributed by atoms with Gasteiger partial charge in [-0.3, -0.25) is 10.1 Å². The minimum Gasteiger partial charge on any atom is -0.392 e. The molecule has 0 amide bonds. The molecule has 1 rings (SSSR count). The van der Waals surface area contributed by atoms with Gasteiger partial charge in [0.25, 0.3) is 5.69 Å². The van der Waals surface area contributed by atoms with Crippen LogP contribution in [0.15, 0.2) is 18.2 Å². The highest BCUT2D eigenvalue weighted by Crippen LogP contribution is 2.28. The first-order valence-electron chi connectivity index (χ1n) is 6.16. The zero-order valence-electron chi connectivity index (χ0n) is 11.5. The van der Waals surface area contributed by atoms with Crippen molar-refractivity contribution in [2.75, 3.05) is 25.1 Å². The van der Waals surface area contributed by atoms with Crippen LogP contribution in [0.1, 0.15) is 19.4 Å². The molecule has 1 aromatic rings. The average molecular weight is 268 g/mol. The molecule has 0 atom stereocenters. The van der Waals surface area contributed by atoms with E-state index in [4.69, 9.17) is 9.84 Å². The molecule has 0 saturated carbocycles. The third kappa shape index (κ3) is 4.50. The summed E-state index contributed by atoms with van der Waals surface area (Å²) < 4.78 is 5.43. The third-order valence-electron chi connectivity index (χ3n) is 2.71. The van der Waals surface area contributed by atoms with E-state index in [0.717, 1.165) is 0 Å². The first kappa shape index (κ1) is 15.4. The van der Waals surface area contributed by atoms with Gasteiger partial charge in [-0.1, -0.05) is 6.07 Å². The highest BCUT2D eigenvalue weighted by Gasteiger charge is 2.17. The molecule has 0 saturated heterocycles. The van der Waals surface area contributed by atoms with Gasteiger partial charge in [-0.15, -0.1) is 0 Å². The van der Waals surface area contributed by atoms with E-state index < -0.39 is 4.92 Å². The monoisotopic (exact) mass is 268 g/mol. The Bertz CT molecular complexity index is 435. The number of hydrogen-bond acceptors (Lipinski definition) is 5. The molecule has 1 aromatic carbocycles. The Morgan fingerprint density at radius 1 is 1.47 bits per heavy atom. The average Bonchev–Trinajstić information content (AvgIpc) is 2.37. The summed E-state index contributed by atoms with van der Waals surface area (Å²) in [5.41, 5.74) is 1.05. The molecular weight excluding hydrogens is 248 g/mol. The summed E-state index contributed by atoms with van der Waals surface area (Å²) >= 11 is 0. The molecule has 0 unspecified atom stereocenters. The minimum atomic E-state index is -0.436. The van der Waals surface area contributed by atoms with Crippen molar-refractivity contribution in [1.29, 1.82) is 0 Å². The summed E-state index contributed by atoms with van der Waals surface area (Å²) in [6.07, 6.45) is 0.139. The Morgan fingerprint density at radius 3 is 2.68 bits per heavy atom. The van der Waals surface area contributed by atoms with Crippen LogP contribution in [-0.4, -0.2) is 36.3 Å². The van der Waals surface area contributed by atoms with Crippen molar-refractivity contribution in [2.45, 2.75) is 26.6 Å². The number of ether oxygens (including phenoxy) is 1. The van der Waals surface area contributed by atoms with E-state index in [1.165, 1.54) is 6.07 Å². The van der Waals surface area contributed by atoms with Gasteiger partial charge in [0.1, 0.15) is 5.69 Å². The third-order valence-corrected chi connectivity index (χ3v) is 2.71. The fraction of sp³-hybridized carbons (Fsp3) is 0.538. The van der Waals surface area contributed by atoms with E-state index in [9.17, 15) is 10.1 Å². The lowest BCUT2D eigenvalue weighted by Crippen LogP contribution is -2.24. The second-order valence-electron chi connectivity index (χ2n) is 4.58. The van der Waals surface area contributed by atoms with E-state index in [-0.39, 0.29) is 18.4 Å². The molecule has 0 spiro atoms. The molecular formula is C13H20N2O4. The second kappa shape index (κ2) is 7.06. The van der Waals surface area contributed by atoms with Crippen molar-refractivity contribution in [3.8, 4) is 0 Å². The Labute approximate surface area is 112 Å². The van der Waals surface area contributed by atoms with Crippen molar-refractivity contribution in [2.24, 2.45) is 0 Å². The van der Waals surface area contributed by atoms with Gasteiger partial charge in [0.15, 0.2) is 0 Å². The minimum absolute atomic E-state index is 0.00130. The fourth-order valence-electron chi connectivity index (χ4n) is 1.68. The maximum atomic E-state index is 11.0. The molecule has 0 heterocycles. The van der Waals surface area contributed by atoms with Crippen LogP contribution < -0.4 is 4.90 Å². The number of nitro groups is 1. The Kier molecular flexibility index (Phi) is 5.72. The molecule has 106 valence electrons. The first-order chi connectivity index (χ1) is 8.95. The number of nitro benzene ring substituents is 1. The number of aliphatic hydroxyl groups excluding tert-OH is 1. The van der Waals surface area contributed by atoms with Crippen molar-refractivity contribution in [3.63, 3.8) is 0 Å². The fourth-order valence-corrected chi connectivity index (χ4v) is 1.68. The normalized spacial score (nSPS) is 10.8. The zero-order valence-corrected chi connectivity index (χ0v) is 11.5. The Morgan fingerprint density at radius 2 is 2.16 bits per heavy atom. The quantitative estimate of drug-likeness (QED) is 0.604. The second-order valence-corrected chi connectivity index (χ2v) is 4.58. The van der Waals surface area contributed by atoms with Crippen molar-refractivity contribution < 1.29 is 14.8 Å². The molecule has 19 heavy (non-hydrogen) atoms. The number of benzene rings is 1. The van der Waals surface area contributed by atoms with Crippen molar-refractivity contribution in [1.82, 2.24) is 0 Å². The number of nitrogens with zero attached hydrogens (tertiary/aromatic N) is 2. The number of rotatable bonds is 7. The van der Waals surface area contributed by atoms with Crippen molar-refractivity contribution >= 4 is 11.4 Å². The lowest BCUT2D eigenvalue weighted by atomic mass is 10.1. The molecule has 6 heteroatoms. The largest absolute Gasteiger partial charge is 0.392 e. The SMILES string of the molecule is CC(C)OCCN(C)c1ccc(CO)cc1[N+](=O)[O-]. The predicted molar refractivity (Wildman–Crippen MR) is 73.4 cm³/mol. The molecule has 0 bridgehead atoms. The van der Waals surface area contributed by atoms with E-state index in [2.05, 4.69) is 0 Å². The lowest BCUT2D eigenvalue weighted by Gasteiger charge is -2.20. The molecule has 0 aromatic heterocycles. The topological polar surface area (TPSA) is 75.8 Å². The molecule has 0 fully saturated rings. The lowest BCUT2D eigenvalue weighted by molar-refractivity contribution is -0.384. The molecule has 0 aliphatic carbocycles. The van der Waals surface area contributed by atoms with Crippen LogP contribution in [0.5, 0.6) is 0 Å². The van der Waals surface area contributed by atoms with E-state index >= 15 is 0 Å². The number of aliphatic hydroxyl groups is 1. The van der Waals surface area contributed by atoms with Gasteiger partial charge in [-0.25, -0.2) is 0 Å². The van der Waals surface area contributed by atoms with Crippen LogP contribution in [0.4, 0.5) is 11.4 Å². The van der Waals surface area contributed by atoms with Crippen LogP contribution in [0.25, 0.3) is 0 Å². The zero-order chi connectivity index (χ0) is 14.4. The van der Waals surface area contributed by atoms with Crippen LogP contribution in [0.3, 0.4) is 0 Å². The van der Waals surface area contributed by atoms with Gasteiger partial charge in [-0.2, -0.15) is 0 Å². The van der Waals surface area contributed by atoms with E-state index in [1.54, 1.807) is 24.1 Å². The van der Waals surface area contributed by atoms with Crippen LogP contribution in [0.2, 0.25) is 0 Å². The van der Waals surface area contributed by atoms with Crippen LogP contribution in [0, 0.1) is 10.1 Å². The van der Waals surface area contributed by atoms with Gasteiger partial charge < -0.3 is 14.7 Å². The highest BCUT2D eigenvalue weighted by atomic mass is 16.6. The van der Waals surface area contributed by atoms with Gasteiger partial charge in [-0.05, 0) is 25.5 Å². The standard InChI is InChI=1S/C13H20N2O4/c1-10(2)19-7-6-14(3)12-5-4-11(9-16)8-13(12)15(17)18/h4-5,8,10,16H,6-7,9H2,1-3H3. The first-order valence-corrected chi connectivity index (χ1v) is 6.16. The maximum Gasteiger partial charge on any atom is 0.292 e. The molecule has 6 nitrogen and oxygen atoms in total. The smallest absolute Gasteiger partial charge is 0.292 e. The van der Waals surface area contributed by atoms with Gasteiger partial charge in [0.05, 0.1) is 24.2 Å². The maximum absolute atomic E-state index is 11.0. The van der Waals surface area contributed by atoms with Gasteiger partial charge >= 0.3 is 0 Å². The van der Waals surface area contributed by atoms with Crippen LogP contribution in [-0.2, 0) is 11.3 Å². The summed E-state index contributed by atoms with van der Waals surface area (Å²) in [5, 5.41) is 20.1. The summed E-state index contributed by atoms with van der Waals surface area (Å²) in [7, 11) is 1.78. The summed E-state index contributed by atoms with van der Waals surface area (Å²) in [6.45, 7) is 4.75. The van der Waals surface area contributed by atoms with Crippen molar-refractivity contribution in [3.05, 3.63) is 33.9 Å². The van der Waals surface area contributed by atoms with Gasteiger partial charge in [0.2, 0.25) is 0 Å².